The summed E-state index contributed by atoms with van der Waals surface area (Å²) in [6.07, 6.45) is 10.5. The molecular formula is C13H21N3. The van der Waals surface area contributed by atoms with Crippen LogP contribution in [0.25, 0.3) is 0 Å². The Bertz CT molecular complexity index is 332. The lowest BCUT2D eigenvalue weighted by molar-refractivity contribution is 0.427. The first kappa shape index (κ1) is 11.4. The fraction of sp³-hybridized carbons (Fsp3) is 0.615. The second-order valence-corrected chi connectivity index (χ2v) is 4.61. The van der Waals surface area contributed by atoms with Crippen molar-refractivity contribution < 1.29 is 0 Å². The minimum Gasteiger partial charge on any atom is -0.371 e. The van der Waals surface area contributed by atoms with Crippen LogP contribution in [0.15, 0.2) is 18.5 Å². The molecule has 0 aromatic carbocycles. The predicted octanol–water partition coefficient (Wildman–Crippen LogP) is 2.31. The Kier molecular flexibility index (Phi) is 3.78. The summed E-state index contributed by atoms with van der Waals surface area (Å²) >= 11 is 0. The molecule has 1 aromatic heterocycles. The number of rotatable bonds is 3. The molecule has 1 saturated carbocycles. The van der Waals surface area contributed by atoms with Gasteiger partial charge in [-0.2, -0.15) is 0 Å². The van der Waals surface area contributed by atoms with Gasteiger partial charge in [-0.3, -0.25) is 4.98 Å². The average Bonchev–Trinajstić information content (AvgIpc) is 2.39. The van der Waals surface area contributed by atoms with Gasteiger partial charge in [0.15, 0.2) is 0 Å². The van der Waals surface area contributed by atoms with E-state index in [1.54, 1.807) is 0 Å². The Hall–Kier alpha value is -1.09. The van der Waals surface area contributed by atoms with Gasteiger partial charge in [0.05, 0.1) is 0 Å². The van der Waals surface area contributed by atoms with Crippen molar-refractivity contribution in [3.63, 3.8) is 0 Å². The monoisotopic (exact) mass is 219 g/mol. The molecular weight excluding hydrogens is 198 g/mol. The summed E-state index contributed by atoms with van der Waals surface area (Å²) in [6, 6.07) is 2.76. The summed E-state index contributed by atoms with van der Waals surface area (Å²) in [5.74, 6) is 0. The van der Waals surface area contributed by atoms with E-state index >= 15 is 0 Å². The zero-order chi connectivity index (χ0) is 11.4. The van der Waals surface area contributed by atoms with Crippen molar-refractivity contribution in [3.8, 4) is 0 Å². The second-order valence-electron chi connectivity index (χ2n) is 4.61. The first-order valence-electron chi connectivity index (χ1n) is 6.18. The molecule has 1 aliphatic rings. The lowest BCUT2D eigenvalue weighted by atomic mass is 9.94. The number of hydrogen-bond acceptors (Lipinski definition) is 3. The summed E-state index contributed by atoms with van der Waals surface area (Å²) in [6.45, 7) is 0.570. The van der Waals surface area contributed by atoms with Gasteiger partial charge in [-0.25, -0.2) is 0 Å². The Morgan fingerprint density at radius 3 is 2.81 bits per heavy atom. The number of pyridine rings is 1. The average molecular weight is 219 g/mol. The van der Waals surface area contributed by atoms with E-state index in [0.29, 0.717) is 12.6 Å². The first-order valence-corrected chi connectivity index (χ1v) is 6.18. The van der Waals surface area contributed by atoms with Crippen LogP contribution in [-0.4, -0.2) is 18.1 Å². The SMILES string of the molecule is CN(c1ccncc1CN)C1CCCCC1. The largest absolute Gasteiger partial charge is 0.371 e. The van der Waals surface area contributed by atoms with Crippen LogP contribution in [-0.2, 0) is 6.54 Å². The highest BCUT2D eigenvalue weighted by atomic mass is 15.1. The van der Waals surface area contributed by atoms with Crippen LogP contribution in [0.1, 0.15) is 37.7 Å². The van der Waals surface area contributed by atoms with Crippen molar-refractivity contribution in [1.82, 2.24) is 4.98 Å². The quantitative estimate of drug-likeness (QED) is 0.848. The molecule has 0 spiro atoms. The van der Waals surface area contributed by atoms with Gasteiger partial charge in [-0.05, 0) is 18.9 Å². The van der Waals surface area contributed by atoms with E-state index in [1.807, 2.05) is 12.4 Å². The maximum Gasteiger partial charge on any atom is 0.0442 e. The third kappa shape index (κ3) is 2.35. The highest BCUT2D eigenvalue weighted by Crippen LogP contribution is 2.27. The van der Waals surface area contributed by atoms with Crippen molar-refractivity contribution in [2.75, 3.05) is 11.9 Å². The van der Waals surface area contributed by atoms with Gasteiger partial charge in [0, 0.05) is 43.3 Å². The summed E-state index contributed by atoms with van der Waals surface area (Å²) in [7, 11) is 2.18. The highest BCUT2D eigenvalue weighted by Gasteiger charge is 2.19. The van der Waals surface area contributed by atoms with E-state index in [1.165, 1.54) is 37.8 Å². The van der Waals surface area contributed by atoms with Crippen LogP contribution in [0.3, 0.4) is 0 Å². The summed E-state index contributed by atoms with van der Waals surface area (Å²) in [5.41, 5.74) is 8.15. The Balaban J connectivity index is 2.15. The Morgan fingerprint density at radius 1 is 1.38 bits per heavy atom. The smallest absolute Gasteiger partial charge is 0.0442 e. The summed E-state index contributed by atoms with van der Waals surface area (Å²) in [5, 5.41) is 0. The Morgan fingerprint density at radius 2 is 2.12 bits per heavy atom. The minimum absolute atomic E-state index is 0.570. The third-order valence-corrected chi connectivity index (χ3v) is 3.60. The van der Waals surface area contributed by atoms with Crippen LogP contribution in [0, 0.1) is 0 Å². The molecule has 1 fully saturated rings. The number of nitrogens with two attached hydrogens (primary N) is 1. The van der Waals surface area contributed by atoms with Crippen molar-refractivity contribution >= 4 is 5.69 Å². The van der Waals surface area contributed by atoms with Crippen molar-refractivity contribution in [3.05, 3.63) is 24.0 Å². The molecule has 0 radical (unpaired) electrons. The molecule has 0 unspecified atom stereocenters. The van der Waals surface area contributed by atoms with Crippen molar-refractivity contribution in [2.45, 2.75) is 44.7 Å². The van der Waals surface area contributed by atoms with Gasteiger partial charge in [0.2, 0.25) is 0 Å². The van der Waals surface area contributed by atoms with Crippen LogP contribution >= 0.6 is 0 Å². The Labute approximate surface area is 97.7 Å². The molecule has 0 atom stereocenters. The minimum atomic E-state index is 0.570. The molecule has 0 saturated heterocycles. The molecule has 1 aromatic rings. The van der Waals surface area contributed by atoms with Crippen LogP contribution in [0.4, 0.5) is 5.69 Å². The number of hydrogen-bond donors (Lipinski definition) is 1. The van der Waals surface area contributed by atoms with Crippen molar-refractivity contribution in [1.29, 1.82) is 0 Å². The standard InChI is InChI=1S/C13H21N3/c1-16(12-5-3-2-4-6-12)13-7-8-15-10-11(13)9-14/h7-8,10,12H,2-6,9,14H2,1H3. The molecule has 1 aliphatic carbocycles. The van der Waals surface area contributed by atoms with E-state index in [0.717, 1.165) is 5.56 Å². The van der Waals surface area contributed by atoms with Gasteiger partial charge in [0.1, 0.15) is 0 Å². The van der Waals surface area contributed by atoms with E-state index in [4.69, 9.17) is 5.73 Å². The van der Waals surface area contributed by atoms with Gasteiger partial charge in [-0.1, -0.05) is 19.3 Å². The lowest BCUT2D eigenvalue weighted by Crippen LogP contribution is -2.34. The molecule has 0 aliphatic heterocycles. The molecule has 88 valence electrons. The van der Waals surface area contributed by atoms with Gasteiger partial charge in [0.25, 0.3) is 0 Å². The molecule has 16 heavy (non-hydrogen) atoms. The van der Waals surface area contributed by atoms with Crippen LogP contribution < -0.4 is 10.6 Å². The maximum atomic E-state index is 5.75. The molecule has 3 nitrogen and oxygen atoms in total. The predicted molar refractivity (Wildman–Crippen MR) is 67.4 cm³/mol. The lowest BCUT2D eigenvalue weighted by Gasteiger charge is -2.34. The summed E-state index contributed by atoms with van der Waals surface area (Å²) < 4.78 is 0. The molecule has 0 amide bonds. The van der Waals surface area contributed by atoms with E-state index in [9.17, 15) is 0 Å². The maximum absolute atomic E-state index is 5.75. The van der Waals surface area contributed by atoms with E-state index in [-0.39, 0.29) is 0 Å². The van der Waals surface area contributed by atoms with E-state index in [2.05, 4.69) is 23.0 Å². The molecule has 1 heterocycles. The zero-order valence-corrected chi connectivity index (χ0v) is 10.0. The summed E-state index contributed by atoms with van der Waals surface area (Å²) in [4.78, 5) is 6.53. The number of aromatic nitrogens is 1. The zero-order valence-electron chi connectivity index (χ0n) is 10.0. The fourth-order valence-corrected chi connectivity index (χ4v) is 2.59. The van der Waals surface area contributed by atoms with Crippen LogP contribution in [0.5, 0.6) is 0 Å². The van der Waals surface area contributed by atoms with Crippen LogP contribution in [0.2, 0.25) is 0 Å². The molecule has 2 N–H and O–H groups in total. The first-order chi connectivity index (χ1) is 7.83. The van der Waals surface area contributed by atoms with Gasteiger partial charge < -0.3 is 10.6 Å². The van der Waals surface area contributed by atoms with Crippen molar-refractivity contribution in [2.24, 2.45) is 5.73 Å². The normalized spacial score (nSPS) is 17.4. The highest BCUT2D eigenvalue weighted by molar-refractivity contribution is 5.52. The third-order valence-electron chi connectivity index (χ3n) is 3.60. The number of anilines is 1. The molecule has 3 heteroatoms. The van der Waals surface area contributed by atoms with Gasteiger partial charge >= 0.3 is 0 Å². The fourth-order valence-electron chi connectivity index (χ4n) is 2.59. The topological polar surface area (TPSA) is 42.2 Å². The number of nitrogens with zero attached hydrogens (tertiary/aromatic N) is 2. The second kappa shape index (κ2) is 5.30. The molecule has 2 rings (SSSR count). The molecule has 0 bridgehead atoms. The van der Waals surface area contributed by atoms with Gasteiger partial charge in [-0.15, -0.1) is 0 Å². The van der Waals surface area contributed by atoms with E-state index < -0.39 is 0 Å².